The fraction of sp³-hybridized carbons (Fsp3) is 0. The zero-order valence-corrected chi connectivity index (χ0v) is 18.0. The number of hydrogen-bond donors (Lipinski definition) is 4. The standard InChI is InChI=1S/C20H18N4O6S2/c25-31(26,27)19-9-5-17(6-10-19)23-21-13-15-1-2-16(4-3-15)14-22-24-18-7-11-20(12-8-18)32(28,29)30/h1-14,23-24H,(H,25,26,27)(H,28,29,30)/b21-13+,22-14+. The van der Waals surface area contributed by atoms with Gasteiger partial charge in [0.2, 0.25) is 0 Å². The van der Waals surface area contributed by atoms with E-state index >= 15 is 0 Å². The fourth-order valence-corrected chi connectivity index (χ4v) is 3.39. The van der Waals surface area contributed by atoms with Crippen molar-refractivity contribution in [1.82, 2.24) is 0 Å². The number of hydrazone groups is 2. The molecule has 0 aliphatic carbocycles. The van der Waals surface area contributed by atoms with Crippen LogP contribution in [0.2, 0.25) is 0 Å². The Balaban J connectivity index is 1.53. The van der Waals surface area contributed by atoms with Crippen LogP contribution < -0.4 is 10.9 Å². The molecular weight excluding hydrogens is 456 g/mol. The van der Waals surface area contributed by atoms with Crippen molar-refractivity contribution >= 4 is 44.0 Å². The van der Waals surface area contributed by atoms with Crippen molar-refractivity contribution < 1.29 is 25.9 Å². The highest BCUT2D eigenvalue weighted by Crippen LogP contribution is 2.14. The summed E-state index contributed by atoms with van der Waals surface area (Å²) >= 11 is 0. The average molecular weight is 475 g/mol. The van der Waals surface area contributed by atoms with Crippen LogP contribution in [0.15, 0.2) is 92.8 Å². The number of nitrogens with one attached hydrogen (secondary N) is 2. The maximum atomic E-state index is 11.0. The molecule has 0 unspecified atom stereocenters. The molecule has 32 heavy (non-hydrogen) atoms. The lowest BCUT2D eigenvalue weighted by molar-refractivity contribution is 0.481. The molecule has 0 bridgehead atoms. The van der Waals surface area contributed by atoms with Crippen molar-refractivity contribution in [2.75, 3.05) is 10.9 Å². The molecule has 4 N–H and O–H groups in total. The van der Waals surface area contributed by atoms with Gasteiger partial charge in [0.25, 0.3) is 20.2 Å². The summed E-state index contributed by atoms with van der Waals surface area (Å²) in [6.45, 7) is 0. The van der Waals surface area contributed by atoms with Gasteiger partial charge in [0, 0.05) is 0 Å². The van der Waals surface area contributed by atoms with E-state index in [0.717, 1.165) is 11.1 Å². The van der Waals surface area contributed by atoms with Gasteiger partial charge in [-0.3, -0.25) is 20.0 Å². The van der Waals surface area contributed by atoms with E-state index in [1.807, 2.05) is 24.3 Å². The molecule has 0 amide bonds. The molecule has 0 radical (unpaired) electrons. The van der Waals surface area contributed by atoms with Crippen LogP contribution in [0.25, 0.3) is 0 Å². The summed E-state index contributed by atoms with van der Waals surface area (Å²) in [6, 6.07) is 18.2. The third-order valence-corrected chi connectivity index (χ3v) is 5.79. The van der Waals surface area contributed by atoms with Crippen LogP contribution >= 0.6 is 0 Å². The van der Waals surface area contributed by atoms with Crippen LogP contribution in [0.4, 0.5) is 11.4 Å². The van der Waals surface area contributed by atoms with E-state index in [2.05, 4.69) is 21.1 Å². The lowest BCUT2D eigenvalue weighted by atomic mass is 10.2. The number of hydrogen-bond acceptors (Lipinski definition) is 8. The van der Waals surface area contributed by atoms with Crippen molar-refractivity contribution in [3.8, 4) is 0 Å². The lowest BCUT2D eigenvalue weighted by Gasteiger charge is -2.02. The number of nitrogens with zero attached hydrogens (tertiary/aromatic N) is 2. The van der Waals surface area contributed by atoms with E-state index < -0.39 is 20.2 Å². The Labute approximate surface area is 184 Å². The Morgan fingerprint density at radius 1 is 0.562 bits per heavy atom. The Hall–Kier alpha value is -3.58. The molecule has 10 nitrogen and oxygen atoms in total. The van der Waals surface area contributed by atoms with Gasteiger partial charge >= 0.3 is 0 Å². The van der Waals surface area contributed by atoms with Crippen molar-refractivity contribution in [3.05, 3.63) is 83.9 Å². The molecule has 12 heteroatoms. The van der Waals surface area contributed by atoms with Gasteiger partial charge in [0.15, 0.2) is 0 Å². The van der Waals surface area contributed by atoms with Crippen LogP contribution in [-0.2, 0) is 20.2 Å². The van der Waals surface area contributed by atoms with Gasteiger partial charge in [0.05, 0.1) is 33.6 Å². The molecule has 0 heterocycles. The van der Waals surface area contributed by atoms with Crippen LogP contribution in [-0.4, -0.2) is 38.4 Å². The van der Waals surface area contributed by atoms with Crippen molar-refractivity contribution in [2.24, 2.45) is 10.2 Å². The molecule has 3 rings (SSSR count). The van der Waals surface area contributed by atoms with Crippen LogP contribution in [0.3, 0.4) is 0 Å². The maximum absolute atomic E-state index is 11.0. The highest BCUT2D eigenvalue weighted by molar-refractivity contribution is 7.86. The zero-order chi connectivity index (χ0) is 23.2. The zero-order valence-electron chi connectivity index (χ0n) is 16.3. The van der Waals surface area contributed by atoms with Crippen molar-refractivity contribution in [2.45, 2.75) is 9.79 Å². The highest BCUT2D eigenvalue weighted by atomic mass is 32.2. The average Bonchev–Trinajstić information content (AvgIpc) is 2.74. The summed E-state index contributed by atoms with van der Waals surface area (Å²) in [6.07, 6.45) is 3.15. The van der Waals surface area contributed by atoms with Gasteiger partial charge in [-0.05, 0) is 59.7 Å². The normalized spacial score (nSPS) is 12.3. The first kappa shape index (κ1) is 23.1. The van der Waals surface area contributed by atoms with Gasteiger partial charge in [-0.1, -0.05) is 24.3 Å². The number of rotatable bonds is 8. The Bertz CT molecular complexity index is 1230. The van der Waals surface area contributed by atoms with Crippen LogP contribution in [0.5, 0.6) is 0 Å². The minimum absolute atomic E-state index is 0.200. The molecule has 3 aromatic rings. The second kappa shape index (κ2) is 9.70. The molecule has 0 aromatic heterocycles. The summed E-state index contributed by atoms with van der Waals surface area (Å²) in [5.74, 6) is 0. The smallest absolute Gasteiger partial charge is 0.282 e. The van der Waals surface area contributed by atoms with Gasteiger partial charge < -0.3 is 0 Å². The topological polar surface area (TPSA) is 158 Å². The summed E-state index contributed by atoms with van der Waals surface area (Å²) in [5.41, 5.74) is 8.22. The summed E-state index contributed by atoms with van der Waals surface area (Å²) < 4.78 is 62.0. The van der Waals surface area contributed by atoms with E-state index in [9.17, 15) is 16.8 Å². The molecule has 0 saturated heterocycles. The molecule has 166 valence electrons. The van der Waals surface area contributed by atoms with E-state index in [0.29, 0.717) is 11.4 Å². The third-order valence-electron chi connectivity index (χ3n) is 4.06. The van der Waals surface area contributed by atoms with Crippen molar-refractivity contribution in [3.63, 3.8) is 0 Å². The fourth-order valence-electron chi connectivity index (χ4n) is 2.43. The lowest BCUT2D eigenvalue weighted by Crippen LogP contribution is -1.98. The first-order valence-corrected chi connectivity index (χ1v) is 11.8. The molecule has 3 aromatic carbocycles. The number of benzene rings is 3. The van der Waals surface area contributed by atoms with E-state index in [1.54, 1.807) is 12.4 Å². The molecule has 0 spiro atoms. The summed E-state index contributed by atoms with van der Waals surface area (Å²) in [7, 11) is -8.46. The molecule has 0 atom stereocenters. The van der Waals surface area contributed by atoms with Gasteiger partial charge in [-0.25, -0.2) is 0 Å². The van der Waals surface area contributed by atoms with Gasteiger partial charge in [-0.15, -0.1) is 0 Å². The molecule has 0 aliphatic heterocycles. The second-order valence-electron chi connectivity index (χ2n) is 6.41. The van der Waals surface area contributed by atoms with E-state index in [1.165, 1.54) is 48.5 Å². The third kappa shape index (κ3) is 6.72. The molecule has 0 fully saturated rings. The largest absolute Gasteiger partial charge is 0.294 e. The minimum Gasteiger partial charge on any atom is -0.282 e. The van der Waals surface area contributed by atoms with E-state index in [-0.39, 0.29) is 9.79 Å². The maximum Gasteiger partial charge on any atom is 0.294 e. The first-order valence-electron chi connectivity index (χ1n) is 8.95. The first-order chi connectivity index (χ1) is 15.1. The van der Waals surface area contributed by atoms with Crippen LogP contribution in [0, 0.1) is 0 Å². The quantitative estimate of drug-likeness (QED) is 0.220. The minimum atomic E-state index is -4.23. The SMILES string of the molecule is O=S(=O)(O)c1ccc(N/N=C/c2ccc(/C=N/Nc3ccc(S(=O)(=O)O)cc3)cc2)cc1. The summed E-state index contributed by atoms with van der Waals surface area (Å²) in [5, 5.41) is 8.13. The van der Waals surface area contributed by atoms with Gasteiger partial charge in [-0.2, -0.15) is 27.0 Å². The monoisotopic (exact) mass is 474 g/mol. The van der Waals surface area contributed by atoms with E-state index in [4.69, 9.17) is 9.11 Å². The predicted octanol–water partition coefficient (Wildman–Crippen LogP) is 3.07. The Kier molecular flexibility index (Phi) is 7.00. The molecular formula is C20H18N4O6S2. The summed E-state index contributed by atoms with van der Waals surface area (Å²) in [4.78, 5) is -0.400. The predicted molar refractivity (Wildman–Crippen MR) is 121 cm³/mol. The number of anilines is 2. The van der Waals surface area contributed by atoms with Crippen LogP contribution in [0.1, 0.15) is 11.1 Å². The highest BCUT2D eigenvalue weighted by Gasteiger charge is 2.08. The Morgan fingerprint density at radius 2 is 0.875 bits per heavy atom. The molecule has 0 aliphatic rings. The van der Waals surface area contributed by atoms with Gasteiger partial charge in [0.1, 0.15) is 0 Å². The molecule has 0 saturated carbocycles. The Morgan fingerprint density at radius 3 is 1.16 bits per heavy atom. The van der Waals surface area contributed by atoms with Crippen molar-refractivity contribution in [1.29, 1.82) is 0 Å². The second-order valence-corrected chi connectivity index (χ2v) is 9.25.